The van der Waals surface area contributed by atoms with Crippen LogP contribution in [-0.4, -0.2) is 22.9 Å². The third kappa shape index (κ3) is 3.48. The van der Waals surface area contributed by atoms with Crippen molar-refractivity contribution in [1.82, 2.24) is 10.3 Å². The Labute approximate surface area is 120 Å². The zero-order valence-electron chi connectivity index (χ0n) is 12.7. The summed E-state index contributed by atoms with van der Waals surface area (Å²) in [7, 11) is 0. The third-order valence-corrected chi connectivity index (χ3v) is 3.46. The number of H-pyrrole nitrogens is 1. The fourth-order valence-electron chi connectivity index (χ4n) is 2.51. The van der Waals surface area contributed by atoms with Gasteiger partial charge in [0.05, 0.1) is 6.04 Å². The molecule has 1 atom stereocenters. The summed E-state index contributed by atoms with van der Waals surface area (Å²) in [6.45, 7) is 8.07. The number of hydrogen-bond acceptors (Lipinski definition) is 2. The lowest BCUT2D eigenvalue weighted by Gasteiger charge is -2.21. The highest BCUT2D eigenvalue weighted by atomic mass is 16.1. The van der Waals surface area contributed by atoms with Crippen LogP contribution in [0.5, 0.6) is 0 Å². The maximum Gasteiger partial charge on any atom is 0.152 e. The highest BCUT2D eigenvalue weighted by Crippen LogP contribution is 2.17. The maximum absolute atomic E-state index is 12.3. The Bertz CT molecular complexity index is 550. The van der Waals surface area contributed by atoms with Crippen molar-refractivity contribution in [2.75, 3.05) is 0 Å². The minimum Gasteiger partial charge on any atom is -0.358 e. The van der Waals surface area contributed by atoms with Gasteiger partial charge in [-0.2, -0.15) is 0 Å². The van der Waals surface area contributed by atoms with E-state index < -0.39 is 0 Å². The number of hydrogen-bond donors (Lipinski definition) is 2. The number of fused-ring (bicyclic) bond motifs is 1. The van der Waals surface area contributed by atoms with Gasteiger partial charge in [-0.1, -0.05) is 45.9 Å². The van der Waals surface area contributed by atoms with E-state index in [0.29, 0.717) is 12.5 Å². The van der Waals surface area contributed by atoms with Crippen molar-refractivity contribution in [3.05, 3.63) is 36.0 Å². The van der Waals surface area contributed by atoms with Crippen LogP contribution in [0.4, 0.5) is 0 Å². The van der Waals surface area contributed by atoms with Gasteiger partial charge in [0, 0.05) is 29.6 Å². The SMILES string of the molecule is CC(C)N[C@@H](Cc1cc2ccccc2[nH]1)C(=O)C(C)C. The van der Waals surface area contributed by atoms with Crippen molar-refractivity contribution in [2.24, 2.45) is 5.92 Å². The standard InChI is InChI=1S/C17H24N2O/c1-11(2)17(20)16(18-12(3)4)10-14-9-13-7-5-6-8-15(13)19-14/h5-9,11-12,16,18-19H,10H2,1-4H3/t16-/m0/s1. The van der Waals surface area contributed by atoms with Gasteiger partial charge in [0.1, 0.15) is 0 Å². The van der Waals surface area contributed by atoms with Crippen LogP contribution in [-0.2, 0) is 11.2 Å². The molecular weight excluding hydrogens is 248 g/mol. The maximum atomic E-state index is 12.3. The molecule has 0 spiro atoms. The molecular formula is C17H24N2O. The predicted molar refractivity (Wildman–Crippen MR) is 83.9 cm³/mol. The molecule has 0 saturated heterocycles. The first-order valence-corrected chi connectivity index (χ1v) is 7.33. The third-order valence-electron chi connectivity index (χ3n) is 3.46. The molecule has 0 aliphatic carbocycles. The molecule has 1 aromatic heterocycles. The molecule has 0 unspecified atom stereocenters. The van der Waals surface area contributed by atoms with Crippen molar-refractivity contribution < 1.29 is 4.79 Å². The second-order valence-electron chi connectivity index (χ2n) is 6.02. The van der Waals surface area contributed by atoms with Gasteiger partial charge in [-0.3, -0.25) is 4.79 Å². The van der Waals surface area contributed by atoms with Gasteiger partial charge < -0.3 is 10.3 Å². The van der Waals surface area contributed by atoms with Crippen molar-refractivity contribution in [3.8, 4) is 0 Å². The Balaban J connectivity index is 2.19. The molecule has 3 nitrogen and oxygen atoms in total. The Hall–Kier alpha value is -1.61. The molecule has 0 amide bonds. The summed E-state index contributed by atoms with van der Waals surface area (Å²) < 4.78 is 0. The molecule has 2 rings (SSSR count). The second kappa shape index (κ2) is 6.23. The van der Waals surface area contributed by atoms with Crippen molar-refractivity contribution in [2.45, 2.75) is 46.2 Å². The number of ketones is 1. The van der Waals surface area contributed by atoms with E-state index in [0.717, 1.165) is 11.2 Å². The Kier molecular flexibility index (Phi) is 4.61. The average molecular weight is 272 g/mol. The zero-order chi connectivity index (χ0) is 14.7. The number of carbonyl (C=O) groups excluding carboxylic acids is 1. The van der Waals surface area contributed by atoms with Gasteiger partial charge in [-0.25, -0.2) is 0 Å². The number of para-hydroxylation sites is 1. The molecule has 20 heavy (non-hydrogen) atoms. The van der Waals surface area contributed by atoms with Crippen LogP contribution in [0.2, 0.25) is 0 Å². The smallest absolute Gasteiger partial charge is 0.152 e. The molecule has 108 valence electrons. The van der Waals surface area contributed by atoms with Crippen LogP contribution in [0.1, 0.15) is 33.4 Å². The molecule has 0 radical (unpaired) electrons. The molecule has 0 saturated carbocycles. The number of benzene rings is 1. The van der Waals surface area contributed by atoms with Crippen LogP contribution in [0.3, 0.4) is 0 Å². The van der Waals surface area contributed by atoms with E-state index in [1.54, 1.807) is 0 Å². The average Bonchev–Trinajstić information content (AvgIpc) is 2.78. The van der Waals surface area contributed by atoms with E-state index in [1.807, 2.05) is 26.0 Å². The fraction of sp³-hybridized carbons (Fsp3) is 0.471. The van der Waals surface area contributed by atoms with Gasteiger partial charge in [0.25, 0.3) is 0 Å². The first kappa shape index (κ1) is 14.8. The monoisotopic (exact) mass is 272 g/mol. The topological polar surface area (TPSA) is 44.9 Å². The van der Waals surface area contributed by atoms with Gasteiger partial charge in [0.2, 0.25) is 0 Å². The van der Waals surface area contributed by atoms with Gasteiger partial charge in [-0.15, -0.1) is 0 Å². The highest BCUT2D eigenvalue weighted by molar-refractivity contribution is 5.86. The normalized spacial score (nSPS) is 13.3. The van der Waals surface area contributed by atoms with Crippen LogP contribution in [0.15, 0.2) is 30.3 Å². The lowest BCUT2D eigenvalue weighted by Crippen LogP contribution is -2.44. The van der Waals surface area contributed by atoms with E-state index in [4.69, 9.17) is 0 Å². The number of aromatic nitrogens is 1. The molecule has 2 aromatic rings. The Morgan fingerprint density at radius 2 is 1.90 bits per heavy atom. The second-order valence-corrected chi connectivity index (χ2v) is 6.02. The molecule has 0 fully saturated rings. The summed E-state index contributed by atoms with van der Waals surface area (Å²) >= 11 is 0. The first-order valence-electron chi connectivity index (χ1n) is 7.33. The van der Waals surface area contributed by atoms with E-state index in [9.17, 15) is 4.79 Å². The largest absolute Gasteiger partial charge is 0.358 e. The summed E-state index contributed by atoms with van der Waals surface area (Å²) in [5.41, 5.74) is 2.24. The fourth-order valence-corrected chi connectivity index (χ4v) is 2.51. The van der Waals surface area contributed by atoms with E-state index in [2.05, 4.69) is 42.3 Å². The molecule has 1 heterocycles. The lowest BCUT2D eigenvalue weighted by molar-refractivity contribution is -0.124. The van der Waals surface area contributed by atoms with E-state index in [1.165, 1.54) is 5.39 Å². The first-order chi connectivity index (χ1) is 9.47. The van der Waals surface area contributed by atoms with Crippen LogP contribution >= 0.6 is 0 Å². The Morgan fingerprint density at radius 1 is 1.20 bits per heavy atom. The van der Waals surface area contributed by atoms with Gasteiger partial charge >= 0.3 is 0 Å². The quantitative estimate of drug-likeness (QED) is 0.847. The zero-order valence-corrected chi connectivity index (χ0v) is 12.7. The molecule has 3 heteroatoms. The molecule has 2 N–H and O–H groups in total. The predicted octanol–water partition coefficient (Wildman–Crippen LogP) is 3.30. The van der Waals surface area contributed by atoms with Crippen molar-refractivity contribution >= 4 is 16.7 Å². The van der Waals surface area contributed by atoms with E-state index >= 15 is 0 Å². The summed E-state index contributed by atoms with van der Waals surface area (Å²) in [6.07, 6.45) is 0.712. The summed E-state index contributed by atoms with van der Waals surface area (Å²) in [4.78, 5) is 15.7. The molecule has 0 bridgehead atoms. The summed E-state index contributed by atoms with van der Waals surface area (Å²) in [5, 5.41) is 4.58. The number of rotatable bonds is 6. The van der Waals surface area contributed by atoms with Gasteiger partial charge in [0.15, 0.2) is 5.78 Å². The Morgan fingerprint density at radius 3 is 2.50 bits per heavy atom. The van der Waals surface area contributed by atoms with Crippen LogP contribution < -0.4 is 5.32 Å². The minimum absolute atomic E-state index is 0.0515. The lowest BCUT2D eigenvalue weighted by atomic mass is 9.97. The van der Waals surface area contributed by atoms with Crippen molar-refractivity contribution in [1.29, 1.82) is 0 Å². The summed E-state index contributed by atoms with van der Waals surface area (Å²) in [5.74, 6) is 0.327. The van der Waals surface area contributed by atoms with Crippen LogP contribution in [0, 0.1) is 5.92 Å². The molecule has 0 aliphatic heterocycles. The molecule has 1 aromatic carbocycles. The number of nitrogens with one attached hydrogen (secondary N) is 2. The highest BCUT2D eigenvalue weighted by Gasteiger charge is 2.22. The number of Topliss-reactive ketones (excluding diaryl/α,β-unsaturated/α-hetero) is 1. The van der Waals surface area contributed by atoms with Crippen LogP contribution in [0.25, 0.3) is 10.9 Å². The number of aromatic amines is 1. The van der Waals surface area contributed by atoms with Gasteiger partial charge in [-0.05, 0) is 17.5 Å². The number of carbonyl (C=O) groups is 1. The minimum atomic E-state index is -0.122. The summed E-state index contributed by atoms with van der Waals surface area (Å²) in [6, 6.07) is 10.5. The molecule has 0 aliphatic rings. The van der Waals surface area contributed by atoms with Crippen molar-refractivity contribution in [3.63, 3.8) is 0 Å². The van der Waals surface area contributed by atoms with E-state index in [-0.39, 0.29) is 17.7 Å².